The molecule has 0 unspecified atom stereocenters. The molecule has 0 atom stereocenters. The number of aryl methyl sites for hydroxylation is 2. The number of anilines is 1. The molecule has 0 bridgehead atoms. The molecule has 3 aromatic rings. The Labute approximate surface area is 179 Å². The van der Waals surface area contributed by atoms with Gasteiger partial charge >= 0.3 is 5.97 Å². The predicted octanol–water partition coefficient (Wildman–Crippen LogP) is 5.30. The molecule has 1 saturated heterocycles. The van der Waals surface area contributed by atoms with Crippen molar-refractivity contribution in [3.63, 3.8) is 0 Å². The van der Waals surface area contributed by atoms with Gasteiger partial charge in [-0.2, -0.15) is 0 Å². The molecular formula is C22H22ClN3O2S. The molecule has 150 valence electrons. The summed E-state index contributed by atoms with van der Waals surface area (Å²) in [5, 5.41) is 1.47. The molecule has 1 aliphatic heterocycles. The lowest BCUT2D eigenvalue weighted by Crippen LogP contribution is -2.38. The molecule has 5 nitrogen and oxygen atoms in total. The van der Waals surface area contributed by atoms with Crippen LogP contribution in [0.15, 0.2) is 42.7 Å². The Morgan fingerprint density at radius 2 is 1.93 bits per heavy atom. The van der Waals surface area contributed by atoms with Crippen LogP contribution in [0.3, 0.4) is 0 Å². The molecule has 29 heavy (non-hydrogen) atoms. The Balaban J connectivity index is 1.36. The van der Waals surface area contributed by atoms with Gasteiger partial charge in [-0.3, -0.25) is 0 Å². The van der Waals surface area contributed by atoms with Gasteiger partial charge in [0.15, 0.2) is 0 Å². The van der Waals surface area contributed by atoms with Crippen LogP contribution in [0.4, 0.5) is 5.82 Å². The van der Waals surface area contributed by atoms with Crippen molar-refractivity contribution in [3.8, 4) is 10.6 Å². The molecule has 0 N–H and O–H groups in total. The second kappa shape index (κ2) is 8.51. The first-order chi connectivity index (χ1) is 14.0. The van der Waals surface area contributed by atoms with Gasteiger partial charge in [-0.05, 0) is 31.5 Å². The second-order valence-electron chi connectivity index (χ2n) is 7.27. The predicted molar refractivity (Wildman–Crippen MR) is 117 cm³/mol. The average Bonchev–Trinajstić information content (AvgIpc) is 3.19. The minimum atomic E-state index is -0.290. The highest BCUT2D eigenvalue weighted by atomic mass is 35.5. The van der Waals surface area contributed by atoms with Crippen LogP contribution in [0.2, 0.25) is 5.02 Å². The van der Waals surface area contributed by atoms with Crippen molar-refractivity contribution in [2.45, 2.75) is 32.8 Å². The zero-order valence-electron chi connectivity index (χ0n) is 16.4. The number of thiazole rings is 1. The monoisotopic (exact) mass is 427 g/mol. The molecule has 2 aromatic heterocycles. The maximum absolute atomic E-state index is 12.6. The molecule has 0 spiro atoms. The van der Waals surface area contributed by atoms with Gasteiger partial charge in [0.05, 0.1) is 11.2 Å². The van der Waals surface area contributed by atoms with Gasteiger partial charge in [-0.15, -0.1) is 11.3 Å². The van der Waals surface area contributed by atoms with E-state index in [4.69, 9.17) is 16.3 Å². The number of carbonyl (C=O) groups is 1. The van der Waals surface area contributed by atoms with Crippen LogP contribution in [0.1, 0.15) is 33.6 Å². The van der Waals surface area contributed by atoms with E-state index in [0.29, 0.717) is 9.90 Å². The van der Waals surface area contributed by atoms with E-state index < -0.39 is 0 Å². The van der Waals surface area contributed by atoms with Crippen molar-refractivity contribution in [2.24, 2.45) is 0 Å². The topological polar surface area (TPSA) is 55.3 Å². The van der Waals surface area contributed by atoms with E-state index >= 15 is 0 Å². The van der Waals surface area contributed by atoms with Crippen LogP contribution in [0.5, 0.6) is 0 Å². The van der Waals surface area contributed by atoms with Gasteiger partial charge in [0.2, 0.25) is 0 Å². The summed E-state index contributed by atoms with van der Waals surface area (Å²) < 4.78 is 5.74. The number of ether oxygens (including phenoxy) is 1. The molecule has 1 aliphatic rings. The number of aromatic nitrogens is 2. The Hall–Kier alpha value is -2.44. The standard InChI is InChI=1S/C22H22ClN3O2S/c1-14-3-5-18(15(2)11-14)21-25-13-19(29-21)22(27)28-17-7-9-26(10-8-17)20-6-4-16(23)12-24-20/h3-6,11-13,17H,7-10H2,1-2H3. The number of rotatable bonds is 4. The normalized spacial score (nSPS) is 14.8. The van der Waals surface area contributed by atoms with E-state index in [1.54, 1.807) is 12.4 Å². The lowest BCUT2D eigenvalue weighted by molar-refractivity contribution is 0.0250. The van der Waals surface area contributed by atoms with E-state index in [-0.39, 0.29) is 12.1 Å². The molecule has 0 amide bonds. The first-order valence-corrected chi connectivity index (χ1v) is 10.8. The Morgan fingerprint density at radius 3 is 2.62 bits per heavy atom. The smallest absolute Gasteiger partial charge is 0.350 e. The highest BCUT2D eigenvalue weighted by molar-refractivity contribution is 7.16. The van der Waals surface area contributed by atoms with Crippen LogP contribution >= 0.6 is 22.9 Å². The zero-order chi connectivity index (χ0) is 20.4. The number of esters is 1. The van der Waals surface area contributed by atoms with Gasteiger partial charge in [-0.25, -0.2) is 14.8 Å². The third-order valence-electron chi connectivity index (χ3n) is 5.07. The number of hydrogen-bond acceptors (Lipinski definition) is 6. The van der Waals surface area contributed by atoms with E-state index in [1.165, 1.54) is 16.9 Å². The zero-order valence-corrected chi connectivity index (χ0v) is 18.0. The fraction of sp³-hybridized carbons (Fsp3) is 0.318. The van der Waals surface area contributed by atoms with Crippen LogP contribution in [-0.2, 0) is 4.74 Å². The van der Waals surface area contributed by atoms with Gasteiger partial charge < -0.3 is 9.64 Å². The Morgan fingerprint density at radius 1 is 1.14 bits per heavy atom. The molecule has 4 rings (SSSR count). The Bertz CT molecular complexity index is 1010. The molecule has 1 fully saturated rings. The van der Waals surface area contributed by atoms with Crippen LogP contribution in [-0.4, -0.2) is 35.1 Å². The highest BCUT2D eigenvalue weighted by Crippen LogP contribution is 2.29. The number of pyridine rings is 1. The number of piperidine rings is 1. The molecular weight excluding hydrogens is 406 g/mol. The number of hydrogen-bond donors (Lipinski definition) is 0. The summed E-state index contributed by atoms with van der Waals surface area (Å²) in [6, 6.07) is 10.00. The molecule has 0 saturated carbocycles. The fourth-order valence-electron chi connectivity index (χ4n) is 3.51. The van der Waals surface area contributed by atoms with Crippen molar-refractivity contribution >= 4 is 34.7 Å². The summed E-state index contributed by atoms with van der Waals surface area (Å²) in [5.74, 6) is 0.612. The van der Waals surface area contributed by atoms with Crippen molar-refractivity contribution < 1.29 is 9.53 Å². The van der Waals surface area contributed by atoms with Gasteiger partial charge in [0, 0.05) is 37.7 Å². The largest absolute Gasteiger partial charge is 0.458 e. The third-order valence-corrected chi connectivity index (χ3v) is 6.30. The summed E-state index contributed by atoms with van der Waals surface area (Å²) in [4.78, 5) is 24.1. The minimum absolute atomic E-state index is 0.0855. The number of benzene rings is 1. The van der Waals surface area contributed by atoms with E-state index in [9.17, 15) is 4.79 Å². The average molecular weight is 428 g/mol. The van der Waals surface area contributed by atoms with Crippen molar-refractivity contribution in [2.75, 3.05) is 18.0 Å². The van der Waals surface area contributed by atoms with E-state index in [1.807, 2.05) is 12.1 Å². The van der Waals surface area contributed by atoms with Crippen LogP contribution < -0.4 is 4.90 Å². The first kappa shape index (κ1) is 19.9. The minimum Gasteiger partial charge on any atom is -0.458 e. The number of halogens is 1. The quantitative estimate of drug-likeness (QED) is 0.528. The first-order valence-electron chi connectivity index (χ1n) is 9.60. The van der Waals surface area contributed by atoms with Crippen molar-refractivity contribution in [1.82, 2.24) is 9.97 Å². The molecule has 7 heteroatoms. The third kappa shape index (κ3) is 4.60. The number of nitrogens with zero attached hydrogens (tertiary/aromatic N) is 3. The van der Waals surface area contributed by atoms with Crippen molar-refractivity contribution in [1.29, 1.82) is 0 Å². The lowest BCUT2D eigenvalue weighted by Gasteiger charge is -2.32. The van der Waals surface area contributed by atoms with Crippen molar-refractivity contribution in [3.05, 3.63) is 63.8 Å². The number of carbonyl (C=O) groups excluding carboxylic acids is 1. The lowest BCUT2D eigenvalue weighted by atomic mass is 10.1. The SMILES string of the molecule is Cc1ccc(-c2ncc(C(=O)OC3CCN(c4ccc(Cl)cn4)CC3)s2)c(C)c1. The summed E-state index contributed by atoms with van der Waals surface area (Å²) in [6.07, 6.45) is 4.74. The van der Waals surface area contributed by atoms with Crippen LogP contribution in [0.25, 0.3) is 10.6 Å². The molecule has 0 radical (unpaired) electrons. The summed E-state index contributed by atoms with van der Waals surface area (Å²) in [6.45, 7) is 5.72. The maximum Gasteiger partial charge on any atom is 0.350 e. The molecule has 3 heterocycles. The maximum atomic E-state index is 12.6. The van der Waals surface area contributed by atoms with Gasteiger partial charge in [0.1, 0.15) is 21.8 Å². The fourth-order valence-corrected chi connectivity index (χ4v) is 4.52. The summed E-state index contributed by atoms with van der Waals surface area (Å²) in [7, 11) is 0. The molecule has 0 aliphatic carbocycles. The van der Waals surface area contributed by atoms with Gasteiger partial charge in [0.25, 0.3) is 0 Å². The van der Waals surface area contributed by atoms with Crippen LogP contribution in [0, 0.1) is 13.8 Å². The van der Waals surface area contributed by atoms with E-state index in [0.717, 1.165) is 47.9 Å². The second-order valence-corrected chi connectivity index (χ2v) is 8.74. The summed E-state index contributed by atoms with van der Waals surface area (Å²) >= 11 is 7.29. The molecule has 1 aromatic carbocycles. The Kier molecular flexibility index (Phi) is 5.83. The summed E-state index contributed by atoms with van der Waals surface area (Å²) in [5.41, 5.74) is 3.42. The van der Waals surface area contributed by atoms with Gasteiger partial charge in [-0.1, -0.05) is 35.4 Å². The highest BCUT2D eigenvalue weighted by Gasteiger charge is 2.24. The van der Waals surface area contributed by atoms with E-state index in [2.05, 4.69) is 46.9 Å².